The van der Waals surface area contributed by atoms with Gasteiger partial charge in [0.15, 0.2) is 0 Å². The highest BCUT2D eigenvalue weighted by Crippen LogP contribution is 2.06. The molecule has 0 saturated carbocycles. The van der Waals surface area contributed by atoms with Crippen molar-refractivity contribution in [3.63, 3.8) is 0 Å². The SMILES string of the molecule is NC1=C\C\C=C(N)/C=C(N)\C(N)=C/1. The van der Waals surface area contributed by atoms with Crippen molar-refractivity contribution in [2.75, 3.05) is 0 Å². The van der Waals surface area contributed by atoms with E-state index in [2.05, 4.69) is 0 Å². The zero-order chi connectivity index (χ0) is 9.84. The van der Waals surface area contributed by atoms with Crippen LogP contribution in [0.2, 0.25) is 0 Å². The van der Waals surface area contributed by atoms with Crippen LogP contribution in [0.25, 0.3) is 0 Å². The number of hydrogen-bond acceptors (Lipinski definition) is 4. The van der Waals surface area contributed by atoms with Crippen LogP contribution >= 0.6 is 0 Å². The second kappa shape index (κ2) is 3.71. The summed E-state index contributed by atoms with van der Waals surface area (Å²) in [5, 5.41) is 0. The quantitative estimate of drug-likeness (QED) is 0.411. The first kappa shape index (κ1) is 9.25. The second-order valence-corrected chi connectivity index (χ2v) is 2.84. The van der Waals surface area contributed by atoms with Crippen molar-refractivity contribution in [3.05, 3.63) is 47.1 Å². The van der Waals surface area contributed by atoms with Gasteiger partial charge in [-0.2, -0.15) is 0 Å². The van der Waals surface area contributed by atoms with Crippen molar-refractivity contribution in [1.82, 2.24) is 0 Å². The lowest BCUT2D eigenvalue weighted by Crippen LogP contribution is -2.11. The van der Waals surface area contributed by atoms with E-state index in [-0.39, 0.29) is 0 Å². The van der Waals surface area contributed by atoms with Gasteiger partial charge >= 0.3 is 0 Å². The maximum Gasteiger partial charge on any atom is 0.0569 e. The van der Waals surface area contributed by atoms with Crippen LogP contribution in [0.3, 0.4) is 0 Å². The molecule has 0 aromatic heterocycles. The summed E-state index contributed by atoms with van der Waals surface area (Å²) in [7, 11) is 0. The Morgan fingerprint density at radius 3 is 1.54 bits per heavy atom. The predicted octanol–water partition coefficient (Wildman–Crippen LogP) is -0.239. The van der Waals surface area contributed by atoms with Crippen molar-refractivity contribution in [3.8, 4) is 0 Å². The Hall–Kier alpha value is -1.84. The van der Waals surface area contributed by atoms with E-state index < -0.39 is 0 Å². The second-order valence-electron chi connectivity index (χ2n) is 2.84. The fourth-order valence-electron chi connectivity index (χ4n) is 0.975. The highest BCUT2D eigenvalue weighted by atomic mass is 14.7. The van der Waals surface area contributed by atoms with Crippen molar-refractivity contribution >= 4 is 0 Å². The third kappa shape index (κ3) is 2.59. The Labute approximate surface area is 77.3 Å². The minimum Gasteiger partial charge on any atom is -0.399 e. The molecule has 13 heavy (non-hydrogen) atoms. The van der Waals surface area contributed by atoms with Gasteiger partial charge in [-0.05, 0) is 18.6 Å². The lowest BCUT2D eigenvalue weighted by Gasteiger charge is -2.01. The van der Waals surface area contributed by atoms with E-state index in [1.165, 1.54) is 0 Å². The summed E-state index contributed by atoms with van der Waals surface area (Å²) < 4.78 is 0. The molecule has 0 heterocycles. The summed E-state index contributed by atoms with van der Waals surface area (Å²) >= 11 is 0. The molecular weight excluding hydrogens is 164 g/mol. The third-order valence-corrected chi connectivity index (χ3v) is 1.68. The molecule has 0 saturated heterocycles. The van der Waals surface area contributed by atoms with Gasteiger partial charge in [-0.15, -0.1) is 0 Å². The van der Waals surface area contributed by atoms with E-state index in [0.717, 1.165) is 0 Å². The number of hydrogen-bond donors (Lipinski definition) is 4. The Morgan fingerprint density at radius 2 is 1.15 bits per heavy atom. The minimum absolute atomic E-state index is 0.437. The molecule has 4 nitrogen and oxygen atoms in total. The number of rotatable bonds is 0. The molecule has 0 radical (unpaired) electrons. The van der Waals surface area contributed by atoms with E-state index in [1.54, 1.807) is 12.2 Å². The van der Waals surface area contributed by atoms with Gasteiger partial charge in [-0.3, -0.25) is 0 Å². The maximum absolute atomic E-state index is 5.63. The van der Waals surface area contributed by atoms with Gasteiger partial charge in [0.25, 0.3) is 0 Å². The van der Waals surface area contributed by atoms with E-state index in [4.69, 9.17) is 22.9 Å². The Bertz CT molecular complexity index is 289. The molecule has 0 amide bonds. The number of nitrogens with two attached hydrogens (primary N) is 4. The molecule has 0 atom stereocenters. The van der Waals surface area contributed by atoms with E-state index >= 15 is 0 Å². The fourth-order valence-corrected chi connectivity index (χ4v) is 0.975. The Kier molecular flexibility index (Phi) is 2.64. The largest absolute Gasteiger partial charge is 0.399 e. The fraction of sp³-hybridized carbons (Fsp3) is 0.111. The van der Waals surface area contributed by atoms with E-state index in [9.17, 15) is 0 Å². The summed E-state index contributed by atoms with van der Waals surface area (Å²) in [6.45, 7) is 0. The minimum atomic E-state index is 0.437. The molecular formula is C9H14N4. The van der Waals surface area contributed by atoms with Gasteiger partial charge < -0.3 is 22.9 Å². The van der Waals surface area contributed by atoms with Crippen LogP contribution in [0, 0.1) is 0 Å². The summed E-state index contributed by atoms with van der Waals surface area (Å²) in [6.07, 6.45) is 7.58. The maximum atomic E-state index is 5.63. The smallest absolute Gasteiger partial charge is 0.0569 e. The normalized spacial score (nSPS) is 34.5. The summed E-state index contributed by atoms with van der Waals surface area (Å²) in [4.78, 5) is 0. The molecule has 1 aliphatic rings. The van der Waals surface area contributed by atoms with Gasteiger partial charge in [0, 0.05) is 11.4 Å². The average molecular weight is 178 g/mol. The van der Waals surface area contributed by atoms with Crippen LogP contribution in [0.15, 0.2) is 47.1 Å². The van der Waals surface area contributed by atoms with Gasteiger partial charge in [-0.25, -0.2) is 0 Å². The summed E-state index contributed by atoms with van der Waals surface area (Å²) in [6, 6.07) is 0. The Morgan fingerprint density at radius 1 is 0.769 bits per heavy atom. The monoisotopic (exact) mass is 178 g/mol. The molecule has 0 fully saturated rings. The summed E-state index contributed by atoms with van der Waals surface area (Å²) in [5.41, 5.74) is 24.6. The molecule has 4 heteroatoms. The van der Waals surface area contributed by atoms with Crippen LogP contribution in [0.1, 0.15) is 6.42 Å². The van der Waals surface area contributed by atoms with Gasteiger partial charge in [0.05, 0.1) is 11.4 Å². The van der Waals surface area contributed by atoms with E-state index in [1.807, 2.05) is 12.2 Å². The predicted molar refractivity (Wildman–Crippen MR) is 53.7 cm³/mol. The van der Waals surface area contributed by atoms with Crippen LogP contribution in [-0.2, 0) is 0 Å². The molecule has 70 valence electrons. The lowest BCUT2D eigenvalue weighted by molar-refractivity contribution is 1.21. The Balaban J connectivity index is 3.09. The van der Waals surface area contributed by atoms with Crippen molar-refractivity contribution < 1.29 is 0 Å². The van der Waals surface area contributed by atoms with Crippen molar-refractivity contribution in [2.45, 2.75) is 6.42 Å². The zero-order valence-electron chi connectivity index (χ0n) is 7.33. The van der Waals surface area contributed by atoms with Gasteiger partial charge in [-0.1, -0.05) is 12.2 Å². The first-order chi connectivity index (χ1) is 6.09. The zero-order valence-corrected chi connectivity index (χ0v) is 7.33. The average Bonchev–Trinajstić information content (AvgIpc) is 2.06. The highest BCUT2D eigenvalue weighted by molar-refractivity contribution is 5.37. The van der Waals surface area contributed by atoms with Crippen LogP contribution in [0.4, 0.5) is 0 Å². The van der Waals surface area contributed by atoms with Crippen LogP contribution in [0.5, 0.6) is 0 Å². The third-order valence-electron chi connectivity index (χ3n) is 1.68. The molecule has 1 rings (SSSR count). The summed E-state index contributed by atoms with van der Waals surface area (Å²) in [5.74, 6) is 0. The molecule has 1 aliphatic carbocycles. The number of allylic oxidation sites excluding steroid dienone is 4. The van der Waals surface area contributed by atoms with Crippen molar-refractivity contribution in [1.29, 1.82) is 0 Å². The molecule has 0 bridgehead atoms. The molecule has 0 aromatic carbocycles. The molecule has 0 aliphatic heterocycles. The molecule has 0 spiro atoms. The standard InChI is InChI=1S/C9H14N4/c10-6-2-1-3-7(11)5-9(13)8(12)4-6/h2-5H,1,10-13H2/b6-2+,7-3+,8-4+,9-5+. The first-order valence-corrected chi connectivity index (χ1v) is 3.95. The van der Waals surface area contributed by atoms with Crippen molar-refractivity contribution in [2.24, 2.45) is 22.9 Å². The van der Waals surface area contributed by atoms with Gasteiger partial charge in [0.1, 0.15) is 0 Å². The molecule has 8 N–H and O–H groups in total. The topological polar surface area (TPSA) is 104 Å². The lowest BCUT2D eigenvalue weighted by atomic mass is 10.2. The first-order valence-electron chi connectivity index (χ1n) is 3.95. The molecule has 0 aromatic rings. The van der Waals surface area contributed by atoms with Crippen LogP contribution in [-0.4, -0.2) is 0 Å². The van der Waals surface area contributed by atoms with Crippen LogP contribution < -0.4 is 22.9 Å². The van der Waals surface area contributed by atoms with E-state index in [0.29, 0.717) is 29.2 Å². The molecule has 0 unspecified atom stereocenters. The highest BCUT2D eigenvalue weighted by Gasteiger charge is 1.98. The van der Waals surface area contributed by atoms with Gasteiger partial charge in [0.2, 0.25) is 0 Å².